The summed E-state index contributed by atoms with van der Waals surface area (Å²) >= 11 is 0. The molecule has 6 heteroatoms. The largest absolute Gasteiger partial charge is 0.493 e. The number of hydrogen-bond acceptors (Lipinski definition) is 4. The van der Waals surface area contributed by atoms with E-state index in [0.29, 0.717) is 13.0 Å². The minimum atomic E-state index is -0.124. The van der Waals surface area contributed by atoms with E-state index in [1.54, 1.807) is 7.11 Å². The maximum atomic E-state index is 12.8. The van der Waals surface area contributed by atoms with Crippen molar-refractivity contribution in [2.45, 2.75) is 26.3 Å². The third kappa shape index (κ3) is 2.75. The molecule has 25 heavy (non-hydrogen) atoms. The minimum absolute atomic E-state index is 0.124. The molecule has 1 saturated heterocycles. The lowest BCUT2D eigenvalue weighted by Crippen LogP contribution is -2.54. The molecule has 0 bridgehead atoms. The summed E-state index contributed by atoms with van der Waals surface area (Å²) in [5.74, 6) is 1.56. The molecule has 4 rings (SSSR count). The Morgan fingerprint density at radius 3 is 2.80 bits per heavy atom. The molecule has 1 unspecified atom stereocenters. The number of aromatic nitrogens is 2. The van der Waals surface area contributed by atoms with Crippen molar-refractivity contribution in [3.8, 4) is 11.5 Å². The number of carbonyl (C=O) groups excluding carboxylic acids is 1. The molecule has 1 fully saturated rings. The standard InChI is InChI=1S/C19H23N3O3/c1-12-7-13(2)22(20-12)16-9-21(10-16)19(23)15-8-14-5-4-6-17(24-3)18(14)25-11-15/h4-7,15-16H,8-11H2,1-3H3. The van der Waals surface area contributed by atoms with Gasteiger partial charge in [-0.2, -0.15) is 5.10 Å². The summed E-state index contributed by atoms with van der Waals surface area (Å²) in [5.41, 5.74) is 3.21. The zero-order valence-electron chi connectivity index (χ0n) is 14.9. The fourth-order valence-corrected chi connectivity index (χ4v) is 3.78. The van der Waals surface area contributed by atoms with Gasteiger partial charge in [-0.05, 0) is 38.0 Å². The van der Waals surface area contributed by atoms with Crippen LogP contribution >= 0.6 is 0 Å². The van der Waals surface area contributed by atoms with Crippen LogP contribution in [0.2, 0.25) is 0 Å². The topological polar surface area (TPSA) is 56.6 Å². The molecule has 2 aromatic rings. The molecule has 1 aromatic heterocycles. The average molecular weight is 341 g/mol. The lowest BCUT2D eigenvalue weighted by molar-refractivity contribution is -0.143. The molecule has 1 amide bonds. The number of para-hydroxylation sites is 1. The van der Waals surface area contributed by atoms with Gasteiger partial charge >= 0.3 is 0 Å². The first-order chi connectivity index (χ1) is 12.1. The fourth-order valence-electron chi connectivity index (χ4n) is 3.78. The molecule has 1 atom stereocenters. The fraction of sp³-hybridized carbons (Fsp3) is 0.474. The summed E-state index contributed by atoms with van der Waals surface area (Å²) in [4.78, 5) is 14.7. The normalized spacial score (nSPS) is 19.8. The van der Waals surface area contributed by atoms with Crippen LogP contribution in [0.4, 0.5) is 0 Å². The molecule has 132 valence electrons. The summed E-state index contributed by atoms with van der Waals surface area (Å²) in [6.45, 7) is 5.91. The van der Waals surface area contributed by atoms with Crippen molar-refractivity contribution in [1.82, 2.24) is 14.7 Å². The van der Waals surface area contributed by atoms with Crippen LogP contribution in [-0.4, -0.2) is 47.4 Å². The Balaban J connectivity index is 1.41. The van der Waals surface area contributed by atoms with E-state index in [9.17, 15) is 4.79 Å². The second-order valence-electron chi connectivity index (χ2n) is 6.93. The van der Waals surface area contributed by atoms with Gasteiger partial charge in [0.2, 0.25) is 5.91 Å². The Kier molecular flexibility index (Phi) is 3.90. The van der Waals surface area contributed by atoms with E-state index in [2.05, 4.69) is 18.1 Å². The lowest BCUT2D eigenvalue weighted by atomic mass is 9.93. The van der Waals surface area contributed by atoms with Crippen molar-refractivity contribution in [1.29, 1.82) is 0 Å². The molecular weight excluding hydrogens is 318 g/mol. The van der Waals surface area contributed by atoms with Crippen LogP contribution in [0.1, 0.15) is 23.0 Å². The number of hydrogen-bond donors (Lipinski definition) is 0. The number of nitrogens with zero attached hydrogens (tertiary/aromatic N) is 3. The molecule has 0 spiro atoms. The van der Waals surface area contributed by atoms with Gasteiger partial charge in [0.1, 0.15) is 6.61 Å². The number of likely N-dealkylation sites (tertiary alicyclic amines) is 1. The summed E-state index contributed by atoms with van der Waals surface area (Å²) in [6.07, 6.45) is 0.701. The van der Waals surface area contributed by atoms with Crippen molar-refractivity contribution >= 4 is 5.91 Å². The Morgan fingerprint density at radius 1 is 1.32 bits per heavy atom. The first-order valence-electron chi connectivity index (χ1n) is 8.67. The molecule has 2 aliphatic rings. The van der Waals surface area contributed by atoms with E-state index in [-0.39, 0.29) is 17.9 Å². The van der Waals surface area contributed by atoms with Crippen LogP contribution in [0.25, 0.3) is 0 Å². The first kappa shape index (κ1) is 16.0. The number of amides is 1. The second kappa shape index (κ2) is 6.10. The Labute approximate surface area is 147 Å². The number of aryl methyl sites for hydroxylation is 2. The number of fused-ring (bicyclic) bond motifs is 1. The molecule has 2 aliphatic heterocycles. The maximum Gasteiger partial charge on any atom is 0.229 e. The molecule has 0 N–H and O–H groups in total. The van der Waals surface area contributed by atoms with Gasteiger partial charge in [0.25, 0.3) is 0 Å². The van der Waals surface area contributed by atoms with Gasteiger partial charge in [0, 0.05) is 18.8 Å². The van der Waals surface area contributed by atoms with E-state index >= 15 is 0 Å². The van der Waals surface area contributed by atoms with E-state index in [0.717, 1.165) is 41.5 Å². The SMILES string of the molecule is COc1cccc2c1OCC(C(=O)N1CC(n3nc(C)cc3C)C1)C2. The molecule has 3 heterocycles. The Bertz CT molecular complexity index is 808. The van der Waals surface area contributed by atoms with E-state index in [4.69, 9.17) is 9.47 Å². The van der Waals surface area contributed by atoms with Crippen molar-refractivity contribution in [3.63, 3.8) is 0 Å². The van der Waals surface area contributed by atoms with Crippen molar-refractivity contribution < 1.29 is 14.3 Å². The van der Waals surface area contributed by atoms with Crippen molar-refractivity contribution in [3.05, 3.63) is 41.2 Å². The van der Waals surface area contributed by atoms with Crippen LogP contribution in [0.3, 0.4) is 0 Å². The maximum absolute atomic E-state index is 12.8. The zero-order valence-corrected chi connectivity index (χ0v) is 14.9. The molecule has 6 nitrogen and oxygen atoms in total. The molecule has 0 aliphatic carbocycles. The van der Waals surface area contributed by atoms with Gasteiger partial charge < -0.3 is 14.4 Å². The van der Waals surface area contributed by atoms with Gasteiger partial charge in [0.15, 0.2) is 11.5 Å². The highest BCUT2D eigenvalue weighted by molar-refractivity contribution is 5.80. The molecule has 0 saturated carbocycles. The number of methoxy groups -OCH3 is 1. The minimum Gasteiger partial charge on any atom is -0.493 e. The van der Waals surface area contributed by atoms with Crippen LogP contribution in [-0.2, 0) is 11.2 Å². The summed E-state index contributed by atoms with van der Waals surface area (Å²) < 4.78 is 13.2. The summed E-state index contributed by atoms with van der Waals surface area (Å²) in [7, 11) is 1.63. The summed E-state index contributed by atoms with van der Waals surface area (Å²) in [5, 5.41) is 4.53. The Hall–Kier alpha value is -2.50. The monoisotopic (exact) mass is 341 g/mol. The third-order valence-corrected chi connectivity index (χ3v) is 5.09. The number of rotatable bonds is 3. The lowest BCUT2D eigenvalue weighted by Gasteiger charge is -2.42. The molecular formula is C19H23N3O3. The van der Waals surface area contributed by atoms with Crippen LogP contribution in [0.5, 0.6) is 11.5 Å². The summed E-state index contributed by atoms with van der Waals surface area (Å²) in [6, 6.07) is 8.19. The van der Waals surface area contributed by atoms with Gasteiger partial charge in [0.05, 0.1) is 24.8 Å². The van der Waals surface area contributed by atoms with Crippen LogP contribution in [0.15, 0.2) is 24.3 Å². The van der Waals surface area contributed by atoms with Gasteiger partial charge in [-0.25, -0.2) is 0 Å². The van der Waals surface area contributed by atoms with Crippen molar-refractivity contribution in [2.75, 3.05) is 26.8 Å². The van der Waals surface area contributed by atoms with Gasteiger partial charge in [-0.15, -0.1) is 0 Å². The highest BCUT2D eigenvalue weighted by Gasteiger charge is 2.38. The smallest absolute Gasteiger partial charge is 0.229 e. The highest BCUT2D eigenvalue weighted by Crippen LogP contribution is 2.37. The average Bonchev–Trinajstić information content (AvgIpc) is 2.90. The van der Waals surface area contributed by atoms with Gasteiger partial charge in [-0.1, -0.05) is 12.1 Å². The first-order valence-corrected chi connectivity index (χ1v) is 8.67. The van der Waals surface area contributed by atoms with Crippen LogP contribution < -0.4 is 9.47 Å². The van der Waals surface area contributed by atoms with E-state index in [1.165, 1.54) is 0 Å². The molecule has 1 aromatic carbocycles. The predicted octanol–water partition coefficient (Wildman–Crippen LogP) is 2.14. The molecule has 0 radical (unpaired) electrons. The number of carbonyl (C=O) groups is 1. The second-order valence-corrected chi connectivity index (χ2v) is 6.93. The quantitative estimate of drug-likeness (QED) is 0.858. The van der Waals surface area contributed by atoms with Crippen molar-refractivity contribution in [2.24, 2.45) is 5.92 Å². The van der Waals surface area contributed by atoms with Gasteiger partial charge in [-0.3, -0.25) is 9.48 Å². The van der Waals surface area contributed by atoms with Crippen LogP contribution in [0, 0.1) is 19.8 Å². The highest BCUT2D eigenvalue weighted by atomic mass is 16.5. The Morgan fingerprint density at radius 2 is 2.12 bits per heavy atom. The predicted molar refractivity (Wildman–Crippen MR) is 93.0 cm³/mol. The number of ether oxygens (including phenoxy) is 2. The number of benzene rings is 1. The van der Waals surface area contributed by atoms with E-state index < -0.39 is 0 Å². The van der Waals surface area contributed by atoms with E-state index in [1.807, 2.05) is 34.7 Å². The zero-order chi connectivity index (χ0) is 17.6. The third-order valence-electron chi connectivity index (χ3n) is 5.09.